The summed E-state index contributed by atoms with van der Waals surface area (Å²) in [7, 11) is -3.94. The third kappa shape index (κ3) is 7.24. The molecule has 7 nitrogen and oxygen atoms in total. The van der Waals surface area contributed by atoms with Crippen molar-refractivity contribution in [1.82, 2.24) is 10.2 Å². The van der Waals surface area contributed by atoms with E-state index in [0.29, 0.717) is 6.54 Å². The van der Waals surface area contributed by atoms with Gasteiger partial charge < -0.3 is 10.2 Å². The van der Waals surface area contributed by atoms with Crippen LogP contribution in [0.25, 0.3) is 0 Å². The molecule has 0 aromatic heterocycles. The molecule has 0 aliphatic rings. The number of benzene rings is 2. The van der Waals surface area contributed by atoms with Crippen LogP contribution in [0.4, 0.5) is 5.69 Å². The zero-order chi connectivity index (χ0) is 24.9. The van der Waals surface area contributed by atoms with E-state index >= 15 is 0 Å². The Balaban J connectivity index is 2.46. The lowest BCUT2D eigenvalue weighted by Gasteiger charge is -2.31. The van der Waals surface area contributed by atoms with Crippen molar-refractivity contribution in [2.75, 3.05) is 23.7 Å². The van der Waals surface area contributed by atoms with E-state index in [4.69, 9.17) is 34.8 Å². The third-order valence-corrected chi connectivity index (χ3v) is 7.04. The first kappa shape index (κ1) is 27.2. The molecule has 0 fully saturated rings. The highest BCUT2D eigenvalue weighted by Crippen LogP contribution is 2.35. The Morgan fingerprint density at radius 2 is 1.70 bits per heavy atom. The zero-order valence-electron chi connectivity index (χ0n) is 18.7. The van der Waals surface area contributed by atoms with E-state index in [0.717, 1.165) is 21.7 Å². The maximum Gasteiger partial charge on any atom is 0.244 e. The molecular weight excluding hydrogens is 509 g/mol. The van der Waals surface area contributed by atoms with E-state index < -0.39 is 28.5 Å². The lowest BCUT2D eigenvalue weighted by atomic mass is 10.1. The van der Waals surface area contributed by atoms with Crippen molar-refractivity contribution in [3.63, 3.8) is 0 Å². The van der Waals surface area contributed by atoms with Gasteiger partial charge in [0.2, 0.25) is 21.8 Å². The number of carbonyl (C=O) groups is 2. The molecule has 0 saturated heterocycles. The van der Waals surface area contributed by atoms with Gasteiger partial charge in [0.25, 0.3) is 0 Å². The molecule has 1 N–H and O–H groups in total. The van der Waals surface area contributed by atoms with Gasteiger partial charge in [0.1, 0.15) is 12.6 Å². The number of aryl methyl sites for hydroxylation is 1. The van der Waals surface area contributed by atoms with Gasteiger partial charge in [-0.05, 0) is 38.5 Å². The van der Waals surface area contributed by atoms with Crippen molar-refractivity contribution >= 4 is 62.3 Å². The quantitative estimate of drug-likeness (QED) is 0.487. The largest absolute Gasteiger partial charge is 0.355 e. The molecule has 0 bridgehead atoms. The average molecular weight is 535 g/mol. The predicted octanol–water partition coefficient (Wildman–Crippen LogP) is 4.27. The minimum Gasteiger partial charge on any atom is -0.355 e. The molecule has 0 aliphatic heterocycles. The van der Waals surface area contributed by atoms with Crippen molar-refractivity contribution in [3.8, 4) is 0 Å². The molecule has 2 rings (SSSR count). The summed E-state index contributed by atoms with van der Waals surface area (Å²) >= 11 is 18.3. The van der Waals surface area contributed by atoms with Gasteiger partial charge in [0.15, 0.2) is 0 Å². The molecule has 0 saturated carbocycles. The van der Waals surface area contributed by atoms with E-state index in [1.54, 1.807) is 13.8 Å². The maximum absolute atomic E-state index is 13.4. The molecule has 0 aliphatic carbocycles. The molecule has 0 radical (unpaired) electrons. The van der Waals surface area contributed by atoms with Crippen molar-refractivity contribution in [1.29, 1.82) is 0 Å². The van der Waals surface area contributed by atoms with Gasteiger partial charge in [-0.3, -0.25) is 13.9 Å². The smallest absolute Gasteiger partial charge is 0.244 e. The second kappa shape index (κ2) is 11.4. The van der Waals surface area contributed by atoms with E-state index in [1.807, 2.05) is 31.2 Å². The van der Waals surface area contributed by atoms with Crippen molar-refractivity contribution in [2.45, 2.75) is 33.4 Å². The molecule has 0 heterocycles. The van der Waals surface area contributed by atoms with Crippen LogP contribution in [0.15, 0.2) is 36.4 Å². The minimum atomic E-state index is -3.94. The average Bonchev–Trinajstić information content (AvgIpc) is 2.72. The summed E-state index contributed by atoms with van der Waals surface area (Å²) in [5.41, 5.74) is 1.81. The van der Waals surface area contributed by atoms with Crippen molar-refractivity contribution < 1.29 is 18.0 Å². The third-order valence-electron chi connectivity index (χ3n) is 4.89. The van der Waals surface area contributed by atoms with Crippen LogP contribution >= 0.6 is 34.8 Å². The first-order chi connectivity index (χ1) is 15.3. The highest BCUT2D eigenvalue weighted by molar-refractivity contribution is 7.92. The van der Waals surface area contributed by atoms with E-state index in [2.05, 4.69) is 5.32 Å². The summed E-state index contributed by atoms with van der Waals surface area (Å²) < 4.78 is 26.0. The van der Waals surface area contributed by atoms with Gasteiger partial charge in [0, 0.05) is 13.1 Å². The van der Waals surface area contributed by atoms with Gasteiger partial charge in [-0.25, -0.2) is 8.42 Å². The number of nitrogens with one attached hydrogen (secondary N) is 1. The van der Waals surface area contributed by atoms with E-state index in [9.17, 15) is 18.0 Å². The van der Waals surface area contributed by atoms with Crippen LogP contribution in [0.2, 0.25) is 15.1 Å². The van der Waals surface area contributed by atoms with E-state index in [-0.39, 0.29) is 33.2 Å². The Morgan fingerprint density at radius 1 is 1.06 bits per heavy atom. The van der Waals surface area contributed by atoms with Gasteiger partial charge in [-0.1, -0.05) is 64.6 Å². The highest BCUT2D eigenvalue weighted by Gasteiger charge is 2.31. The Hall–Kier alpha value is -2.00. The van der Waals surface area contributed by atoms with E-state index in [1.165, 1.54) is 17.0 Å². The van der Waals surface area contributed by atoms with Gasteiger partial charge in [-0.2, -0.15) is 0 Å². The summed E-state index contributed by atoms with van der Waals surface area (Å²) in [5, 5.41) is 2.95. The van der Waals surface area contributed by atoms with Crippen molar-refractivity contribution in [3.05, 3.63) is 62.6 Å². The Labute approximate surface area is 209 Å². The second-order valence-electron chi connectivity index (χ2n) is 7.57. The van der Waals surface area contributed by atoms with Gasteiger partial charge >= 0.3 is 0 Å². The van der Waals surface area contributed by atoms with Crippen molar-refractivity contribution in [2.24, 2.45) is 0 Å². The number of amides is 2. The normalized spacial score (nSPS) is 12.2. The monoisotopic (exact) mass is 533 g/mol. The first-order valence-corrected chi connectivity index (χ1v) is 13.1. The minimum absolute atomic E-state index is 0.0167. The number of halogens is 3. The molecule has 1 atom stereocenters. The van der Waals surface area contributed by atoms with Crippen LogP contribution in [0.5, 0.6) is 0 Å². The number of carbonyl (C=O) groups excluding carboxylic acids is 2. The molecule has 2 aromatic carbocycles. The standard InChI is InChI=1S/C22H26Cl3N3O4S/c1-5-26-22(30)15(3)27(12-16-8-6-7-14(2)9-16)21(29)13-28(33(4,31)32)20-11-18(24)17(23)10-19(20)25/h6-11,15H,5,12-13H2,1-4H3,(H,26,30)/t15-/m0/s1. The molecule has 2 aromatic rings. The highest BCUT2D eigenvalue weighted by atomic mass is 35.5. The Kier molecular flexibility index (Phi) is 9.43. The number of sulfonamides is 1. The number of hydrogen-bond donors (Lipinski definition) is 1. The Bertz CT molecular complexity index is 1140. The first-order valence-electron chi connectivity index (χ1n) is 10.1. The topological polar surface area (TPSA) is 86.8 Å². The lowest BCUT2D eigenvalue weighted by molar-refractivity contribution is -0.139. The fraction of sp³-hybridized carbons (Fsp3) is 0.364. The molecule has 0 spiro atoms. The van der Waals surface area contributed by atoms with Gasteiger partial charge in [-0.15, -0.1) is 0 Å². The molecular formula is C22H26Cl3N3O4S. The Morgan fingerprint density at radius 3 is 2.27 bits per heavy atom. The van der Waals surface area contributed by atoms with Crippen LogP contribution in [-0.4, -0.2) is 50.5 Å². The molecule has 180 valence electrons. The number of anilines is 1. The van der Waals surface area contributed by atoms with Crippen LogP contribution in [0, 0.1) is 6.92 Å². The van der Waals surface area contributed by atoms with Crippen LogP contribution in [0.3, 0.4) is 0 Å². The number of rotatable bonds is 9. The zero-order valence-corrected chi connectivity index (χ0v) is 21.8. The summed E-state index contributed by atoms with van der Waals surface area (Å²) in [5.74, 6) is -0.931. The summed E-state index contributed by atoms with van der Waals surface area (Å²) in [4.78, 5) is 27.3. The number of likely N-dealkylation sites (N-methyl/N-ethyl adjacent to an activating group) is 1. The number of nitrogens with zero attached hydrogens (tertiary/aromatic N) is 2. The fourth-order valence-corrected chi connectivity index (χ4v) is 4.76. The van der Waals surface area contributed by atoms with Crippen LogP contribution in [-0.2, 0) is 26.2 Å². The number of hydrogen-bond acceptors (Lipinski definition) is 4. The maximum atomic E-state index is 13.4. The molecule has 2 amide bonds. The summed E-state index contributed by atoms with van der Waals surface area (Å²) in [6.07, 6.45) is 0.956. The van der Waals surface area contributed by atoms with Gasteiger partial charge in [0.05, 0.1) is 27.0 Å². The fourth-order valence-electron chi connectivity index (χ4n) is 3.21. The summed E-state index contributed by atoms with van der Waals surface area (Å²) in [6, 6.07) is 9.26. The predicted molar refractivity (Wildman–Crippen MR) is 134 cm³/mol. The lowest BCUT2D eigenvalue weighted by Crippen LogP contribution is -2.51. The molecule has 0 unspecified atom stereocenters. The molecule has 33 heavy (non-hydrogen) atoms. The second-order valence-corrected chi connectivity index (χ2v) is 10.7. The van der Waals surface area contributed by atoms with Crippen LogP contribution in [0.1, 0.15) is 25.0 Å². The summed E-state index contributed by atoms with van der Waals surface area (Å²) in [6.45, 7) is 5.22. The molecule has 11 heteroatoms. The van der Waals surface area contributed by atoms with Crippen LogP contribution < -0.4 is 9.62 Å². The SMILES string of the molecule is CCNC(=O)[C@H](C)N(Cc1cccc(C)c1)C(=O)CN(c1cc(Cl)c(Cl)cc1Cl)S(C)(=O)=O.